The zero-order valence-corrected chi connectivity index (χ0v) is 11.8. The molecule has 0 radical (unpaired) electrons. The van der Waals surface area contributed by atoms with Gasteiger partial charge in [0.25, 0.3) is 0 Å². The quantitative estimate of drug-likeness (QED) is 0.889. The zero-order chi connectivity index (χ0) is 13.8. The fourth-order valence-electron chi connectivity index (χ4n) is 1.94. The van der Waals surface area contributed by atoms with Gasteiger partial charge in [-0.1, -0.05) is 41.9 Å². The molecule has 1 N–H and O–H groups in total. The fraction of sp³-hybridized carbons (Fsp3) is 0.250. The Kier molecular flexibility index (Phi) is 4.46. The van der Waals surface area contributed by atoms with E-state index in [1.165, 1.54) is 0 Å². The summed E-state index contributed by atoms with van der Waals surface area (Å²) >= 11 is 5.95. The van der Waals surface area contributed by atoms with Gasteiger partial charge in [-0.2, -0.15) is 0 Å². The van der Waals surface area contributed by atoms with Crippen molar-refractivity contribution >= 4 is 11.6 Å². The van der Waals surface area contributed by atoms with Crippen LogP contribution in [0.1, 0.15) is 37.2 Å². The third-order valence-electron chi connectivity index (χ3n) is 2.99. The molecule has 2 atom stereocenters. The van der Waals surface area contributed by atoms with Crippen LogP contribution in [0.15, 0.2) is 48.5 Å². The van der Waals surface area contributed by atoms with Crippen LogP contribution < -0.4 is 4.74 Å². The highest BCUT2D eigenvalue weighted by atomic mass is 35.5. The third kappa shape index (κ3) is 3.49. The predicted molar refractivity (Wildman–Crippen MR) is 77.6 cm³/mol. The molecule has 3 heteroatoms. The molecule has 2 unspecified atom stereocenters. The first-order chi connectivity index (χ1) is 9.08. The van der Waals surface area contributed by atoms with Crippen LogP contribution in [0.3, 0.4) is 0 Å². The molecule has 2 nitrogen and oxygen atoms in total. The monoisotopic (exact) mass is 276 g/mol. The number of halogens is 1. The molecular formula is C16H17ClO2. The second-order valence-corrected chi connectivity index (χ2v) is 4.97. The molecule has 0 heterocycles. The van der Waals surface area contributed by atoms with E-state index in [2.05, 4.69) is 0 Å². The lowest BCUT2D eigenvalue weighted by Gasteiger charge is -2.19. The van der Waals surface area contributed by atoms with Crippen molar-refractivity contribution in [3.8, 4) is 5.75 Å². The molecular weight excluding hydrogens is 260 g/mol. The molecule has 100 valence electrons. The van der Waals surface area contributed by atoms with Crippen LogP contribution in [0.2, 0.25) is 5.02 Å². The Bertz CT molecular complexity index is 538. The van der Waals surface area contributed by atoms with Crippen molar-refractivity contribution in [1.29, 1.82) is 0 Å². The van der Waals surface area contributed by atoms with Gasteiger partial charge in [0.05, 0.1) is 6.10 Å². The third-order valence-corrected chi connectivity index (χ3v) is 3.23. The van der Waals surface area contributed by atoms with Gasteiger partial charge in [0.1, 0.15) is 11.9 Å². The van der Waals surface area contributed by atoms with E-state index in [0.717, 1.165) is 5.56 Å². The van der Waals surface area contributed by atoms with Crippen molar-refractivity contribution < 1.29 is 9.84 Å². The molecule has 0 spiro atoms. The summed E-state index contributed by atoms with van der Waals surface area (Å²) in [5.41, 5.74) is 1.80. The minimum absolute atomic E-state index is 0.0834. The van der Waals surface area contributed by atoms with Gasteiger partial charge in [0, 0.05) is 10.6 Å². The van der Waals surface area contributed by atoms with Crippen LogP contribution in [0.25, 0.3) is 0 Å². The normalized spacial score (nSPS) is 13.9. The first-order valence-corrected chi connectivity index (χ1v) is 6.65. The SMILES string of the molecule is CC(O)c1cc(Cl)ccc1OC(C)c1ccccc1. The lowest BCUT2D eigenvalue weighted by atomic mass is 10.1. The molecule has 0 aliphatic heterocycles. The number of benzene rings is 2. The fourth-order valence-corrected chi connectivity index (χ4v) is 2.12. The van der Waals surface area contributed by atoms with E-state index in [4.69, 9.17) is 16.3 Å². The first-order valence-electron chi connectivity index (χ1n) is 6.27. The van der Waals surface area contributed by atoms with Crippen molar-refractivity contribution in [2.24, 2.45) is 0 Å². The van der Waals surface area contributed by atoms with Crippen molar-refractivity contribution in [1.82, 2.24) is 0 Å². The Labute approximate surface area is 118 Å². The van der Waals surface area contributed by atoms with Gasteiger partial charge in [-0.15, -0.1) is 0 Å². The van der Waals surface area contributed by atoms with Gasteiger partial charge in [-0.25, -0.2) is 0 Å². The van der Waals surface area contributed by atoms with Gasteiger partial charge in [-0.3, -0.25) is 0 Å². The first kappa shape index (κ1) is 13.9. The number of hydrogen-bond acceptors (Lipinski definition) is 2. The van der Waals surface area contributed by atoms with Crippen molar-refractivity contribution in [2.45, 2.75) is 26.1 Å². The minimum atomic E-state index is -0.614. The van der Waals surface area contributed by atoms with Crippen molar-refractivity contribution in [3.05, 3.63) is 64.7 Å². The van der Waals surface area contributed by atoms with Crippen LogP contribution in [0.4, 0.5) is 0 Å². The van der Waals surface area contributed by atoms with Gasteiger partial charge in [0.2, 0.25) is 0 Å². The highest BCUT2D eigenvalue weighted by molar-refractivity contribution is 6.30. The molecule has 2 rings (SSSR count). The smallest absolute Gasteiger partial charge is 0.126 e. The molecule has 0 aliphatic carbocycles. The molecule has 0 aliphatic rings. The minimum Gasteiger partial charge on any atom is -0.486 e. The number of ether oxygens (including phenoxy) is 1. The van der Waals surface area contributed by atoms with E-state index in [-0.39, 0.29) is 6.10 Å². The van der Waals surface area contributed by atoms with E-state index < -0.39 is 6.10 Å². The van der Waals surface area contributed by atoms with Crippen LogP contribution in [-0.4, -0.2) is 5.11 Å². The van der Waals surface area contributed by atoms with Gasteiger partial charge in [0.15, 0.2) is 0 Å². The van der Waals surface area contributed by atoms with E-state index in [1.54, 1.807) is 25.1 Å². The summed E-state index contributed by atoms with van der Waals surface area (Å²) in [5.74, 6) is 0.663. The average molecular weight is 277 g/mol. The summed E-state index contributed by atoms with van der Waals surface area (Å²) in [4.78, 5) is 0. The van der Waals surface area contributed by atoms with Crippen LogP contribution in [-0.2, 0) is 0 Å². The second kappa shape index (κ2) is 6.09. The summed E-state index contributed by atoms with van der Waals surface area (Å²) in [5, 5.41) is 10.4. The Morgan fingerprint density at radius 3 is 2.37 bits per heavy atom. The number of hydrogen-bond donors (Lipinski definition) is 1. The molecule has 2 aromatic carbocycles. The molecule has 19 heavy (non-hydrogen) atoms. The van der Waals surface area contributed by atoms with Gasteiger partial charge in [-0.05, 0) is 37.6 Å². The summed E-state index contributed by atoms with van der Waals surface area (Å²) in [6.45, 7) is 3.68. The maximum absolute atomic E-state index is 9.77. The summed E-state index contributed by atoms with van der Waals surface area (Å²) in [7, 11) is 0. The molecule has 0 bridgehead atoms. The lowest BCUT2D eigenvalue weighted by molar-refractivity contribution is 0.179. The molecule has 0 saturated carbocycles. The maximum atomic E-state index is 9.77. The van der Waals surface area contributed by atoms with Crippen LogP contribution in [0.5, 0.6) is 5.75 Å². The zero-order valence-electron chi connectivity index (χ0n) is 11.0. The Balaban J connectivity index is 2.24. The summed E-state index contributed by atoms with van der Waals surface area (Å²) in [6.07, 6.45) is -0.698. The standard InChI is InChI=1S/C16H17ClO2/c1-11(18)15-10-14(17)8-9-16(15)19-12(2)13-6-4-3-5-7-13/h3-12,18H,1-2H3. The molecule has 0 saturated heterocycles. The molecule has 2 aromatic rings. The summed E-state index contributed by atoms with van der Waals surface area (Å²) in [6, 6.07) is 15.3. The Hall–Kier alpha value is -1.51. The van der Waals surface area contributed by atoms with E-state index >= 15 is 0 Å². The topological polar surface area (TPSA) is 29.5 Å². The van der Waals surface area contributed by atoms with Crippen LogP contribution >= 0.6 is 11.6 Å². The predicted octanol–water partition coefficient (Wildman–Crippen LogP) is 4.53. The highest BCUT2D eigenvalue weighted by Crippen LogP contribution is 2.31. The number of aliphatic hydroxyl groups is 1. The largest absolute Gasteiger partial charge is 0.486 e. The second-order valence-electron chi connectivity index (χ2n) is 4.53. The molecule has 0 fully saturated rings. The van der Waals surface area contributed by atoms with E-state index in [1.807, 2.05) is 37.3 Å². The van der Waals surface area contributed by atoms with Gasteiger partial charge < -0.3 is 9.84 Å². The van der Waals surface area contributed by atoms with Gasteiger partial charge >= 0.3 is 0 Å². The summed E-state index contributed by atoms with van der Waals surface area (Å²) < 4.78 is 5.93. The number of rotatable bonds is 4. The Morgan fingerprint density at radius 2 is 1.74 bits per heavy atom. The number of aliphatic hydroxyl groups excluding tert-OH is 1. The highest BCUT2D eigenvalue weighted by Gasteiger charge is 2.13. The molecule has 0 aromatic heterocycles. The lowest BCUT2D eigenvalue weighted by Crippen LogP contribution is -2.06. The average Bonchev–Trinajstić information content (AvgIpc) is 2.41. The van der Waals surface area contributed by atoms with Crippen LogP contribution in [0, 0.1) is 0 Å². The Morgan fingerprint density at radius 1 is 1.05 bits per heavy atom. The maximum Gasteiger partial charge on any atom is 0.126 e. The van der Waals surface area contributed by atoms with E-state index in [0.29, 0.717) is 16.3 Å². The van der Waals surface area contributed by atoms with E-state index in [9.17, 15) is 5.11 Å². The molecule has 0 amide bonds. The van der Waals surface area contributed by atoms with Crippen molar-refractivity contribution in [3.63, 3.8) is 0 Å². The van der Waals surface area contributed by atoms with Crippen molar-refractivity contribution in [2.75, 3.05) is 0 Å².